The summed E-state index contributed by atoms with van der Waals surface area (Å²) >= 11 is 0. The molecule has 1 aromatic heterocycles. The van der Waals surface area contributed by atoms with Crippen molar-refractivity contribution in [3.8, 4) is 0 Å². The molecule has 26 heavy (non-hydrogen) atoms. The maximum absolute atomic E-state index is 12.2. The molecular weight excluding hydrogens is 340 g/mol. The Kier molecular flexibility index (Phi) is 5.28. The zero-order chi connectivity index (χ0) is 18.5. The molecule has 0 bridgehead atoms. The van der Waals surface area contributed by atoms with E-state index >= 15 is 0 Å². The van der Waals surface area contributed by atoms with Crippen LogP contribution in [0.15, 0.2) is 47.1 Å². The molecule has 0 spiro atoms. The molecule has 1 saturated heterocycles. The first kappa shape index (κ1) is 17.6. The van der Waals surface area contributed by atoms with Crippen LogP contribution in [0.3, 0.4) is 0 Å². The number of nitro groups is 1. The number of hydrogen-bond donors (Lipinski definition) is 1. The smallest absolute Gasteiger partial charge is 0.289 e. The molecule has 2 amide bonds. The Hall–Kier alpha value is -3.20. The van der Waals surface area contributed by atoms with E-state index in [9.17, 15) is 19.7 Å². The highest BCUT2D eigenvalue weighted by Gasteiger charge is 2.24. The van der Waals surface area contributed by atoms with E-state index in [4.69, 9.17) is 4.42 Å². The summed E-state index contributed by atoms with van der Waals surface area (Å²) in [4.78, 5) is 38.1. The van der Waals surface area contributed by atoms with Gasteiger partial charge in [-0.3, -0.25) is 24.6 Å². The molecule has 0 aliphatic carbocycles. The third-order valence-electron chi connectivity index (χ3n) is 4.12. The fourth-order valence-corrected chi connectivity index (χ4v) is 2.74. The largest absolute Gasteiger partial charge is 0.459 e. The van der Waals surface area contributed by atoms with Crippen LogP contribution in [0.1, 0.15) is 10.6 Å². The number of nitrogens with zero attached hydrogens (tertiary/aromatic N) is 3. The number of carbonyl (C=O) groups excluding carboxylic acids is 2. The van der Waals surface area contributed by atoms with E-state index in [2.05, 4.69) is 5.32 Å². The minimum absolute atomic E-state index is 0.0275. The van der Waals surface area contributed by atoms with Crippen LogP contribution < -0.4 is 5.32 Å². The van der Waals surface area contributed by atoms with Crippen LogP contribution >= 0.6 is 0 Å². The van der Waals surface area contributed by atoms with Gasteiger partial charge in [0.2, 0.25) is 5.91 Å². The van der Waals surface area contributed by atoms with Crippen LogP contribution in [-0.4, -0.2) is 59.3 Å². The lowest BCUT2D eigenvalue weighted by atomic mass is 10.2. The Morgan fingerprint density at radius 2 is 1.81 bits per heavy atom. The number of amides is 2. The molecule has 9 nitrogen and oxygen atoms in total. The number of piperazine rings is 1. The first-order valence-electron chi connectivity index (χ1n) is 8.12. The molecule has 3 rings (SSSR count). The normalized spacial score (nSPS) is 14.8. The standard InChI is InChI=1S/C17H18N4O5/c22-16(18-13-3-5-14(6-4-13)21(24)25)12-19-7-9-20(10-8-19)17(23)15-2-1-11-26-15/h1-6,11H,7-10,12H2,(H,18,22). The number of nitro benzene ring substituents is 1. The maximum atomic E-state index is 12.2. The lowest BCUT2D eigenvalue weighted by Gasteiger charge is -2.33. The Morgan fingerprint density at radius 3 is 2.38 bits per heavy atom. The number of rotatable bonds is 5. The second-order valence-corrected chi connectivity index (χ2v) is 5.90. The summed E-state index contributed by atoms with van der Waals surface area (Å²) in [6, 6.07) is 8.98. The molecule has 2 heterocycles. The molecule has 1 aliphatic rings. The van der Waals surface area contributed by atoms with Gasteiger partial charge in [-0.2, -0.15) is 0 Å². The molecule has 9 heteroatoms. The van der Waals surface area contributed by atoms with Crippen molar-refractivity contribution < 1.29 is 18.9 Å². The summed E-state index contributed by atoms with van der Waals surface area (Å²) in [5.41, 5.74) is 0.479. The van der Waals surface area contributed by atoms with E-state index in [0.717, 1.165) is 0 Å². The van der Waals surface area contributed by atoms with Gasteiger partial charge in [0.05, 0.1) is 17.7 Å². The predicted octanol–water partition coefficient (Wildman–Crippen LogP) is 1.58. The topological polar surface area (TPSA) is 109 Å². The Morgan fingerprint density at radius 1 is 1.12 bits per heavy atom. The molecule has 1 aromatic carbocycles. The summed E-state index contributed by atoms with van der Waals surface area (Å²) in [7, 11) is 0. The second-order valence-electron chi connectivity index (χ2n) is 5.90. The minimum Gasteiger partial charge on any atom is -0.459 e. The van der Waals surface area contributed by atoms with E-state index in [1.165, 1.54) is 30.5 Å². The average molecular weight is 358 g/mol. The number of anilines is 1. The molecule has 1 N–H and O–H groups in total. The van der Waals surface area contributed by atoms with E-state index in [-0.39, 0.29) is 24.0 Å². The van der Waals surface area contributed by atoms with Crippen LogP contribution in [-0.2, 0) is 4.79 Å². The van der Waals surface area contributed by atoms with Crippen LogP contribution in [0.5, 0.6) is 0 Å². The lowest BCUT2D eigenvalue weighted by molar-refractivity contribution is -0.384. The Bertz CT molecular complexity index is 780. The van der Waals surface area contributed by atoms with Gasteiger partial charge in [-0.05, 0) is 24.3 Å². The number of furan rings is 1. The zero-order valence-corrected chi connectivity index (χ0v) is 14.0. The van der Waals surface area contributed by atoms with E-state index in [1.54, 1.807) is 17.0 Å². The summed E-state index contributed by atoms with van der Waals surface area (Å²) in [6.07, 6.45) is 1.46. The first-order valence-corrected chi connectivity index (χ1v) is 8.12. The molecular formula is C17H18N4O5. The molecule has 0 atom stereocenters. The first-order chi connectivity index (χ1) is 12.5. The van der Waals surface area contributed by atoms with Crippen molar-refractivity contribution in [3.05, 3.63) is 58.5 Å². The van der Waals surface area contributed by atoms with Crippen LogP contribution in [0.2, 0.25) is 0 Å². The number of non-ortho nitro benzene ring substituents is 1. The van der Waals surface area contributed by atoms with Gasteiger partial charge >= 0.3 is 0 Å². The van der Waals surface area contributed by atoms with Crippen LogP contribution in [0.4, 0.5) is 11.4 Å². The van der Waals surface area contributed by atoms with Crippen molar-refractivity contribution in [3.63, 3.8) is 0 Å². The fraction of sp³-hybridized carbons (Fsp3) is 0.294. The third-order valence-corrected chi connectivity index (χ3v) is 4.12. The summed E-state index contributed by atoms with van der Waals surface area (Å²) in [6.45, 7) is 2.40. The second kappa shape index (κ2) is 7.79. The van der Waals surface area contributed by atoms with Crippen molar-refractivity contribution >= 4 is 23.2 Å². The van der Waals surface area contributed by atoms with Crippen molar-refractivity contribution in [2.24, 2.45) is 0 Å². The average Bonchev–Trinajstić information content (AvgIpc) is 3.17. The molecule has 136 valence electrons. The lowest BCUT2D eigenvalue weighted by Crippen LogP contribution is -2.50. The SMILES string of the molecule is O=C(CN1CCN(C(=O)c2ccco2)CC1)Nc1ccc([N+](=O)[O-])cc1. The van der Waals surface area contributed by atoms with Gasteiger partial charge in [-0.15, -0.1) is 0 Å². The quantitative estimate of drug-likeness (QED) is 0.642. The molecule has 0 saturated carbocycles. The summed E-state index contributed by atoms with van der Waals surface area (Å²) in [5.74, 6) is -0.0380. The van der Waals surface area contributed by atoms with Crippen LogP contribution in [0.25, 0.3) is 0 Å². The monoisotopic (exact) mass is 358 g/mol. The van der Waals surface area contributed by atoms with Gasteiger partial charge in [-0.25, -0.2) is 0 Å². The summed E-state index contributed by atoms with van der Waals surface area (Å²) in [5, 5.41) is 13.3. The van der Waals surface area contributed by atoms with E-state index < -0.39 is 4.92 Å². The summed E-state index contributed by atoms with van der Waals surface area (Å²) < 4.78 is 5.12. The predicted molar refractivity (Wildman–Crippen MR) is 92.8 cm³/mol. The number of nitrogens with one attached hydrogen (secondary N) is 1. The van der Waals surface area contributed by atoms with Gasteiger partial charge in [0, 0.05) is 44.0 Å². The van der Waals surface area contributed by atoms with Crippen molar-refractivity contribution in [2.45, 2.75) is 0 Å². The third kappa shape index (κ3) is 4.25. The van der Waals surface area contributed by atoms with E-state index in [1.807, 2.05) is 4.90 Å². The van der Waals surface area contributed by atoms with Crippen molar-refractivity contribution in [2.75, 3.05) is 38.0 Å². The highest BCUT2D eigenvalue weighted by molar-refractivity contribution is 5.92. The molecule has 1 aliphatic heterocycles. The number of hydrogen-bond acceptors (Lipinski definition) is 6. The van der Waals surface area contributed by atoms with Crippen LogP contribution in [0, 0.1) is 10.1 Å². The van der Waals surface area contributed by atoms with Gasteiger partial charge in [0.1, 0.15) is 0 Å². The van der Waals surface area contributed by atoms with Gasteiger partial charge < -0.3 is 14.6 Å². The highest BCUT2D eigenvalue weighted by Crippen LogP contribution is 2.15. The van der Waals surface area contributed by atoms with Gasteiger partial charge in [0.25, 0.3) is 11.6 Å². The van der Waals surface area contributed by atoms with E-state index in [0.29, 0.717) is 37.6 Å². The fourth-order valence-electron chi connectivity index (χ4n) is 2.74. The minimum atomic E-state index is -0.491. The van der Waals surface area contributed by atoms with Crippen molar-refractivity contribution in [1.82, 2.24) is 9.80 Å². The molecule has 0 radical (unpaired) electrons. The Balaban J connectivity index is 1.46. The Labute approximate surface area is 149 Å². The molecule has 0 unspecified atom stereocenters. The number of carbonyl (C=O) groups is 2. The van der Waals surface area contributed by atoms with Crippen molar-refractivity contribution in [1.29, 1.82) is 0 Å². The zero-order valence-electron chi connectivity index (χ0n) is 14.0. The number of benzene rings is 1. The molecule has 1 fully saturated rings. The van der Waals surface area contributed by atoms with Gasteiger partial charge in [-0.1, -0.05) is 0 Å². The molecule has 2 aromatic rings. The van der Waals surface area contributed by atoms with Gasteiger partial charge in [0.15, 0.2) is 5.76 Å². The maximum Gasteiger partial charge on any atom is 0.289 e. The highest BCUT2D eigenvalue weighted by atomic mass is 16.6.